The van der Waals surface area contributed by atoms with Gasteiger partial charge in [0.1, 0.15) is 28.7 Å². The lowest BCUT2D eigenvalue weighted by Crippen LogP contribution is -2.42. The van der Waals surface area contributed by atoms with Gasteiger partial charge >= 0.3 is 0 Å². The highest BCUT2D eigenvalue weighted by molar-refractivity contribution is 7.92. The molecule has 1 N–H and O–H groups in total. The first-order valence-corrected chi connectivity index (χ1v) is 11.6. The van der Waals surface area contributed by atoms with Crippen LogP contribution in [0, 0.1) is 11.6 Å². The molecule has 0 heterocycles. The highest BCUT2D eigenvalue weighted by Crippen LogP contribution is 2.50. The van der Waals surface area contributed by atoms with Crippen LogP contribution in [0.15, 0.2) is 71.3 Å². The summed E-state index contributed by atoms with van der Waals surface area (Å²) in [4.78, 5) is -0.104. The minimum absolute atomic E-state index is 0.0480. The Labute approximate surface area is 190 Å². The van der Waals surface area contributed by atoms with Crippen LogP contribution < -0.4 is 0 Å². The lowest BCUT2D eigenvalue weighted by Gasteiger charge is -2.39. The van der Waals surface area contributed by atoms with Gasteiger partial charge in [0, 0.05) is 36.1 Å². The minimum Gasteiger partial charge on any atom is -0.494 e. The third-order valence-corrected chi connectivity index (χ3v) is 8.29. The van der Waals surface area contributed by atoms with E-state index < -0.39 is 32.5 Å². The number of rotatable bonds is 8. The molecule has 2 aromatic rings. The first-order valence-electron chi connectivity index (χ1n) is 9.78. The van der Waals surface area contributed by atoms with Crippen LogP contribution in [0.25, 0.3) is 0 Å². The van der Waals surface area contributed by atoms with Gasteiger partial charge in [-0.05, 0) is 48.9 Å². The van der Waals surface area contributed by atoms with Gasteiger partial charge in [0.25, 0.3) is 0 Å². The first-order chi connectivity index (χ1) is 15.2. The molecule has 3 rings (SSSR count). The zero-order valence-electron chi connectivity index (χ0n) is 17.4. The number of sulfone groups is 1. The first kappa shape index (κ1) is 24.4. The molecule has 0 aromatic heterocycles. The van der Waals surface area contributed by atoms with Gasteiger partial charge in [-0.15, -0.1) is 0 Å². The van der Waals surface area contributed by atoms with Crippen LogP contribution in [0.2, 0.25) is 5.02 Å². The van der Waals surface area contributed by atoms with E-state index in [1.54, 1.807) is 0 Å². The number of benzene rings is 2. The Morgan fingerprint density at radius 3 is 2.56 bits per heavy atom. The van der Waals surface area contributed by atoms with Crippen molar-refractivity contribution in [1.82, 2.24) is 0 Å². The number of ether oxygens (including phenoxy) is 2. The Balaban J connectivity index is 2.27. The molecule has 2 unspecified atom stereocenters. The van der Waals surface area contributed by atoms with Gasteiger partial charge in [0.05, 0.1) is 4.90 Å². The molecular weight excluding hydrogens is 462 g/mol. The quantitative estimate of drug-likeness (QED) is 0.426. The van der Waals surface area contributed by atoms with E-state index in [0.717, 1.165) is 18.2 Å². The Hall–Kier alpha value is -2.26. The fourth-order valence-electron chi connectivity index (χ4n) is 3.95. The number of halogens is 3. The van der Waals surface area contributed by atoms with Crippen molar-refractivity contribution in [3.8, 4) is 0 Å². The molecule has 0 saturated heterocycles. The molecule has 32 heavy (non-hydrogen) atoms. The van der Waals surface area contributed by atoms with Crippen LogP contribution >= 0.6 is 11.6 Å². The standard InChI is InChI=1S/C23H23ClF2O5S/c1-3-12-31-21-10-11-23(14-18(21)22(27)30-2,19-13-16(25)6-9-20(19)26)32(28,29)17-7-4-15(24)5-8-17/h3-9,13,22,27H,1,10-12,14H2,2H3. The molecule has 1 aliphatic carbocycles. The molecule has 1 aliphatic rings. The smallest absolute Gasteiger partial charge is 0.188 e. The van der Waals surface area contributed by atoms with Gasteiger partial charge in [0.15, 0.2) is 16.1 Å². The Bertz CT molecular complexity index is 1130. The average Bonchev–Trinajstić information content (AvgIpc) is 2.78. The molecule has 0 aliphatic heterocycles. The zero-order chi connectivity index (χ0) is 23.5. The maximum atomic E-state index is 15.0. The second-order valence-corrected chi connectivity index (χ2v) is 10.1. The van der Waals surface area contributed by atoms with Crippen molar-refractivity contribution in [2.45, 2.75) is 35.2 Å². The highest BCUT2D eigenvalue weighted by Gasteiger charge is 2.51. The van der Waals surface area contributed by atoms with E-state index in [-0.39, 0.29) is 41.9 Å². The number of aliphatic hydroxyl groups excluding tert-OH is 1. The van der Waals surface area contributed by atoms with E-state index >= 15 is 4.39 Å². The van der Waals surface area contributed by atoms with E-state index in [4.69, 9.17) is 21.1 Å². The molecule has 0 fully saturated rings. The summed E-state index contributed by atoms with van der Waals surface area (Å²) in [6.45, 7) is 3.70. The topological polar surface area (TPSA) is 72.8 Å². The molecule has 0 amide bonds. The Morgan fingerprint density at radius 2 is 1.94 bits per heavy atom. The van der Waals surface area contributed by atoms with Crippen molar-refractivity contribution < 1.29 is 31.8 Å². The molecule has 0 saturated carbocycles. The summed E-state index contributed by atoms with van der Waals surface area (Å²) in [7, 11) is -3.05. The van der Waals surface area contributed by atoms with Crippen LogP contribution in [0.4, 0.5) is 8.78 Å². The van der Waals surface area contributed by atoms with Crippen molar-refractivity contribution in [2.24, 2.45) is 0 Å². The second kappa shape index (κ2) is 9.70. The van der Waals surface area contributed by atoms with Crippen LogP contribution in [0.5, 0.6) is 0 Å². The maximum absolute atomic E-state index is 15.0. The van der Waals surface area contributed by atoms with Crippen molar-refractivity contribution in [3.05, 3.63) is 88.7 Å². The second-order valence-electron chi connectivity index (χ2n) is 7.39. The molecule has 0 radical (unpaired) electrons. The third-order valence-electron chi connectivity index (χ3n) is 5.54. The zero-order valence-corrected chi connectivity index (χ0v) is 18.9. The van der Waals surface area contributed by atoms with E-state index in [0.29, 0.717) is 10.8 Å². The minimum atomic E-state index is -4.29. The normalized spacial score (nSPS) is 20.2. The third kappa shape index (κ3) is 4.45. The van der Waals surface area contributed by atoms with Crippen molar-refractivity contribution in [3.63, 3.8) is 0 Å². The number of allylic oxidation sites excluding steroid dienone is 1. The lowest BCUT2D eigenvalue weighted by molar-refractivity contribution is -0.0529. The fraction of sp³-hybridized carbons (Fsp3) is 0.304. The molecule has 0 spiro atoms. The molecule has 172 valence electrons. The number of aliphatic hydroxyl groups is 1. The van der Waals surface area contributed by atoms with E-state index in [2.05, 4.69) is 6.58 Å². The summed E-state index contributed by atoms with van der Waals surface area (Å²) in [5.41, 5.74) is -0.183. The average molecular weight is 485 g/mol. The molecule has 2 atom stereocenters. The Morgan fingerprint density at radius 1 is 1.25 bits per heavy atom. The Kier molecular flexibility index (Phi) is 7.39. The van der Waals surface area contributed by atoms with Crippen molar-refractivity contribution in [1.29, 1.82) is 0 Å². The number of methoxy groups -OCH3 is 1. The predicted octanol–water partition coefficient (Wildman–Crippen LogP) is 4.89. The van der Waals surface area contributed by atoms with Crippen LogP contribution in [-0.4, -0.2) is 33.5 Å². The summed E-state index contributed by atoms with van der Waals surface area (Å²) >= 11 is 5.91. The van der Waals surface area contributed by atoms with Gasteiger partial charge < -0.3 is 14.6 Å². The van der Waals surface area contributed by atoms with Crippen LogP contribution in [0.1, 0.15) is 24.8 Å². The van der Waals surface area contributed by atoms with Gasteiger partial charge in [-0.2, -0.15) is 0 Å². The van der Waals surface area contributed by atoms with Crippen molar-refractivity contribution in [2.75, 3.05) is 13.7 Å². The summed E-state index contributed by atoms with van der Waals surface area (Å²) in [5.74, 6) is -1.32. The summed E-state index contributed by atoms with van der Waals surface area (Å²) in [5, 5.41) is 10.8. The molecule has 2 aromatic carbocycles. The molecule has 5 nitrogen and oxygen atoms in total. The number of hydrogen-bond acceptors (Lipinski definition) is 5. The van der Waals surface area contributed by atoms with Crippen molar-refractivity contribution >= 4 is 21.4 Å². The predicted molar refractivity (Wildman–Crippen MR) is 117 cm³/mol. The van der Waals surface area contributed by atoms with Gasteiger partial charge in [-0.3, -0.25) is 0 Å². The highest BCUT2D eigenvalue weighted by atomic mass is 35.5. The van der Waals surface area contributed by atoms with Gasteiger partial charge in [-0.25, -0.2) is 17.2 Å². The van der Waals surface area contributed by atoms with E-state index in [9.17, 15) is 17.9 Å². The van der Waals surface area contributed by atoms with Crippen LogP contribution in [-0.2, 0) is 24.1 Å². The molecular formula is C23H23ClF2O5S. The molecule has 9 heteroatoms. The van der Waals surface area contributed by atoms with E-state index in [1.807, 2.05) is 0 Å². The lowest BCUT2D eigenvalue weighted by atomic mass is 9.81. The fourth-order valence-corrected chi connectivity index (χ4v) is 6.19. The molecule has 0 bridgehead atoms. The monoisotopic (exact) mass is 484 g/mol. The largest absolute Gasteiger partial charge is 0.494 e. The van der Waals surface area contributed by atoms with Gasteiger partial charge in [0.2, 0.25) is 0 Å². The summed E-state index contributed by atoms with van der Waals surface area (Å²) in [6.07, 6.45) is -0.411. The van der Waals surface area contributed by atoms with Crippen LogP contribution in [0.3, 0.4) is 0 Å². The van der Waals surface area contributed by atoms with E-state index in [1.165, 1.54) is 37.5 Å². The number of hydrogen-bond donors (Lipinski definition) is 1. The van der Waals surface area contributed by atoms with Gasteiger partial charge in [-0.1, -0.05) is 24.3 Å². The summed E-state index contributed by atoms with van der Waals surface area (Å²) < 4.78 is 65.8. The SMILES string of the molecule is C=CCOC1=C(C(O)OC)CC(c2cc(F)ccc2F)(S(=O)(=O)c2ccc(Cl)cc2)CC1. The maximum Gasteiger partial charge on any atom is 0.188 e. The summed E-state index contributed by atoms with van der Waals surface area (Å²) in [6, 6.07) is 8.15.